The summed E-state index contributed by atoms with van der Waals surface area (Å²) in [7, 11) is 3.48. The molecule has 1 aromatic rings. The molecule has 0 atom stereocenters. The summed E-state index contributed by atoms with van der Waals surface area (Å²) < 4.78 is 10.5. The number of nitrogens with zero attached hydrogens (tertiary/aromatic N) is 2. The molecule has 0 bridgehead atoms. The first-order valence-electron chi connectivity index (χ1n) is 8.69. The topological polar surface area (TPSA) is 58.1 Å². The Hall–Kier alpha value is -1.06. The molecule has 0 spiro atoms. The van der Waals surface area contributed by atoms with E-state index in [4.69, 9.17) is 9.47 Å². The van der Waals surface area contributed by atoms with Crippen molar-refractivity contribution in [1.82, 2.24) is 15.5 Å². The van der Waals surface area contributed by atoms with Crippen LogP contribution in [0.2, 0.25) is 0 Å². The zero-order valence-electron chi connectivity index (χ0n) is 15.3. The number of morpholine rings is 1. The minimum absolute atomic E-state index is 0. The van der Waals surface area contributed by atoms with Crippen molar-refractivity contribution < 1.29 is 9.47 Å². The average Bonchev–Trinajstić information content (AvgIpc) is 2.65. The van der Waals surface area contributed by atoms with E-state index in [0.717, 1.165) is 64.1 Å². The standard InChI is InChI=1S/C18H30N4O2.HI/c1-19-18(21-15-16-5-7-17(23-2)8-6-16)20-9-3-4-10-22-11-13-24-14-12-22;/h5-8H,3-4,9-15H2,1-2H3,(H2,19,20,21);1H. The van der Waals surface area contributed by atoms with E-state index in [1.54, 1.807) is 14.2 Å². The fourth-order valence-corrected chi connectivity index (χ4v) is 2.64. The predicted octanol–water partition coefficient (Wildman–Crippen LogP) is 2.09. The molecule has 0 unspecified atom stereocenters. The second kappa shape index (κ2) is 13.2. The molecule has 25 heavy (non-hydrogen) atoms. The van der Waals surface area contributed by atoms with Gasteiger partial charge in [-0.05, 0) is 37.1 Å². The number of unbranched alkanes of at least 4 members (excludes halogenated alkanes) is 1. The van der Waals surface area contributed by atoms with Gasteiger partial charge in [-0.1, -0.05) is 12.1 Å². The number of ether oxygens (including phenoxy) is 2. The summed E-state index contributed by atoms with van der Waals surface area (Å²) in [4.78, 5) is 6.74. The van der Waals surface area contributed by atoms with Crippen LogP contribution in [0.3, 0.4) is 0 Å². The van der Waals surface area contributed by atoms with Crippen LogP contribution in [0.1, 0.15) is 18.4 Å². The lowest BCUT2D eigenvalue weighted by atomic mass is 10.2. The third-order valence-electron chi connectivity index (χ3n) is 4.14. The van der Waals surface area contributed by atoms with Gasteiger partial charge in [0.05, 0.1) is 20.3 Å². The Kier molecular flexibility index (Phi) is 11.6. The van der Waals surface area contributed by atoms with Crippen molar-refractivity contribution in [3.63, 3.8) is 0 Å². The van der Waals surface area contributed by atoms with Gasteiger partial charge in [0.2, 0.25) is 0 Å². The quantitative estimate of drug-likeness (QED) is 0.268. The van der Waals surface area contributed by atoms with Crippen molar-refractivity contribution in [3.8, 4) is 5.75 Å². The van der Waals surface area contributed by atoms with E-state index in [9.17, 15) is 0 Å². The largest absolute Gasteiger partial charge is 0.497 e. The Morgan fingerprint density at radius 2 is 1.88 bits per heavy atom. The van der Waals surface area contributed by atoms with Gasteiger partial charge in [0, 0.05) is 33.2 Å². The van der Waals surface area contributed by atoms with E-state index in [0.29, 0.717) is 0 Å². The summed E-state index contributed by atoms with van der Waals surface area (Å²) in [6.07, 6.45) is 2.34. The van der Waals surface area contributed by atoms with Gasteiger partial charge in [0.15, 0.2) is 5.96 Å². The monoisotopic (exact) mass is 462 g/mol. The molecule has 1 heterocycles. The Labute approximate surface area is 168 Å². The summed E-state index contributed by atoms with van der Waals surface area (Å²) in [5, 5.41) is 6.71. The van der Waals surface area contributed by atoms with E-state index < -0.39 is 0 Å². The summed E-state index contributed by atoms with van der Waals surface area (Å²) in [6, 6.07) is 8.06. The highest BCUT2D eigenvalue weighted by atomic mass is 127. The van der Waals surface area contributed by atoms with E-state index in [2.05, 4.69) is 32.7 Å². The molecule has 6 nitrogen and oxygen atoms in total. The minimum atomic E-state index is 0. The van der Waals surface area contributed by atoms with Crippen LogP contribution in [0, 0.1) is 0 Å². The van der Waals surface area contributed by atoms with Gasteiger partial charge < -0.3 is 20.1 Å². The van der Waals surface area contributed by atoms with E-state index >= 15 is 0 Å². The van der Waals surface area contributed by atoms with Gasteiger partial charge in [-0.15, -0.1) is 24.0 Å². The number of nitrogens with one attached hydrogen (secondary N) is 2. The molecule has 0 aromatic heterocycles. The lowest BCUT2D eigenvalue weighted by Crippen LogP contribution is -2.38. The number of methoxy groups -OCH3 is 1. The number of hydrogen-bond acceptors (Lipinski definition) is 4. The molecule has 0 saturated carbocycles. The maximum Gasteiger partial charge on any atom is 0.191 e. The van der Waals surface area contributed by atoms with Gasteiger partial charge in [-0.2, -0.15) is 0 Å². The zero-order valence-corrected chi connectivity index (χ0v) is 17.6. The Bertz CT molecular complexity index is 490. The lowest BCUT2D eigenvalue weighted by Gasteiger charge is -2.26. The molecule has 2 N–H and O–H groups in total. The number of guanidine groups is 1. The third-order valence-corrected chi connectivity index (χ3v) is 4.14. The van der Waals surface area contributed by atoms with Crippen LogP contribution >= 0.6 is 24.0 Å². The van der Waals surface area contributed by atoms with Gasteiger partial charge in [-0.3, -0.25) is 9.89 Å². The van der Waals surface area contributed by atoms with Crippen molar-refractivity contribution in [1.29, 1.82) is 0 Å². The maximum absolute atomic E-state index is 5.36. The number of benzene rings is 1. The van der Waals surface area contributed by atoms with Crippen molar-refractivity contribution >= 4 is 29.9 Å². The zero-order chi connectivity index (χ0) is 17.0. The fourth-order valence-electron chi connectivity index (χ4n) is 2.64. The highest BCUT2D eigenvalue weighted by Crippen LogP contribution is 2.10. The second-order valence-electron chi connectivity index (χ2n) is 5.86. The maximum atomic E-state index is 5.36. The average molecular weight is 462 g/mol. The molecule has 1 saturated heterocycles. The molecule has 2 rings (SSSR count). The van der Waals surface area contributed by atoms with Crippen molar-refractivity contribution in [2.24, 2.45) is 4.99 Å². The fraction of sp³-hybridized carbons (Fsp3) is 0.611. The highest BCUT2D eigenvalue weighted by Gasteiger charge is 2.09. The molecule has 7 heteroatoms. The number of hydrogen-bond donors (Lipinski definition) is 2. The SMILES string of the molecule is CN=C(NCCCCN1CCOCC1)NCc1ccc(OC)cc1.I. The molecule has 0 amide bonds. The van der Waals surface area contributed by atoms with Crippen LogP contribution in [0.5, 0.6) is 5.75 Å². The first-order valence-corrected chi connectivity index (χ1v) is 8.69. The summed E-state index contributed by atoms with van der Waals surface area (Å²) in [6.45, 7) is 6.73. The van der Waals surface area contributed by atoms with Crippen molar-refractivity contribution in [2.75, 3.05) is 53.6 Å². The second-order valence-corrected chi connectivity index (χ2v) is 5.86. The highest BCUT2D eigenvalue weighted by molar-refractivity contribution is 14.0. The first kappa shape index (κ1) is 22.0. The third kappa shape index (κ3) is 8.73. The molecular weight excluding hydrogens is 431 g/mol. The Morgan fingerprint density at radius 3 is 2.52 bits per heavy atom. The molecule has 1 fully saturated rings. The van der Waals surface area contributed by atoms with Gasteiger partial charge in [0.25, 0.3) is 0 Å². The smallest absolute Gasteiger partial charge is 0.191 e. The van der Waals surface area contributed by atoms with Crippen LogP contribution in [-0.2, 0) is 11.3 Å². The summed E-state index contributed by atoms with van der Waals surface area (Å²) in [5.41, 5.74) is 1.20. The van der Waals surface area contributed by atoms with Gasteiger partial charge in [-0.25, -0.2) is 0 Å². The minimum Gasteiger partial charge on any atom is -0.497 e. The Morgan fingerprint density at radius 1 is 1.16 bits per heavy atom. The normalized spacial score (nSPS) is 15.4. The molecule has 1 aliphatic heterocycles. The molecule has 1 aromatic carbocycles. The van der Waals surface area contributed by atoms with Crippen LogP contribution < -0.4 is 15.4 Å². The lowest BCUT2D eigenvalue weighted by molar-refractivity contribution is 0.0372. The van der Waals surface area contributed by atoms with Crippen LogP contribution in [0.25, 0.3) is 0 Å². The first-order chi connectivity index (χ1) is 11.8. The number of aliphatic imine (C=N–C) groups is 1. The molecule has 0 aliphatic carbocycles. The Balaban J connectivity index is 0.00000312. The van der Waals surface area contributed by atoms with Crippen molar-refractivity contribution in [2.45, 2.75) is 19.4 Å². The molecule has 142 valence electrons. The van der Waals surface area contributed by atoms with E-state index in [1.807, 2.05) is 12.1 Å². The van der Waals surface area contributed by atoms with Crippen molar-refractivity contribution in [3.05, 3.63) is 29.8 Å². The van der Waals surface area contributed by atoms with Gasteiger partial charge in [0.1, 0.15) is 5.75 Å². The molecular formula is C18H31IN4O2. The number of rotatable bonds is 8. The molecule has 1 aliphatic rings. The van der Waals surface area contributed by atoms with E-state index in [-0.39, 0.29) is 24.0 Å². The van der Waals surface area contributed by atoms with Crippen LogP contribution in [0.4, 0.5) is 0 Å². The van der Waals surface area contributed by atoms with Crippen LogP contribution in [-0.4, -0.2) is 64.4 Å². The number of halogens is 1. The van der Waals surface area contributed by atoms with E-state index in [1.165, 1.54) is 12.0 Å². The summed E-state index contributed by atoms with van der Waals surface area (Å²) in [5.74, 6) is 1.72. The predicted molar refractivity (Wildman–Crippen MR) is 113 cm³/mol. The van der Waals surface area contributed by atoms with Crippen LogP contribution in [0.15, 0.2) is 29.3 Å². The summed E-state index contributed by atoms with van der Waals surface area (Å²) >= 11 is 0. The van der Waals surface area contributed by atoms with Gasteiger partial charge >= 0.3 is 0 Å². The molecule has 0 radical (unpaired) electrons.